The van der Waals surface area contributed by atoms with Crippen LogP contribution in [0.15, 0.2) is 18.2 Å². The summed E-state index contributed by atoms with van der Waals surface area (Å²) in [5.74, 6) is 3.20. The quantitative estimate of drug-likeness (QED) is 0.891. The van der Waals surface area contributed by atoms with Crippen LogP contribution in [0.5, 0.6) is 5.75 Å². The Morgan fingerprint density at radius 2 is 2.19 bits per heavy atom. The SMILES string of the molecule is Clc1cc(CC2CCCCN2)ccc1OC1CCCSC1. The molecule has 3 rings (SSSR count). The molecule has 1 N–H and O–H groups in total. The Labute approximate surface area is 137 Å². The van der Waals surface area contributed by atoms with Gasteiger partial charge in [0.25, 0.3) is 0 Å². The number of rotatable bonds is 4. The van der Waals surface area contributed by atoms with Gasteiger partial charge in [-0.1, -0.05) is 24.1 Å². The third kappa shape index (κ3) is 4.54. The zero-order chi connectivity index (χ0) is 14.5. The summed E-state index contributed by atoms with van der Waals surface area (Å²) in [4.78, 5) is 0. The lowest BCUT2D eigenvalue weighted by Crippen LogP contribution is -2.35. The molecule has 0 aliphatic carbocycles. The molecule has 2 aliphatic heterocycles. The third-order valence-electron chi connectivity index (χ3n) is 4.30. The predicted octanol–water partition coefficient (Wildman–Crippen LogP) is 4.30. The fourth-order valence-electron chi connectivity index (χ4n) is 3.13. The summed E-state index contributed by atoms with van der Waals surface area (Å²) in [6.07, 6.45) is 7.71. The molecule has 2 atom stereocenters. The molecule has 0 spiro atoms. The van der Waals surface area contributed by atoms with Gasteiger partial charge in [0.1, 0.15) is 11.9 Å². The molecule has 0 amide bonds. The van der Waals surface area contributed by atoms with Gasteiger partial charge in [0, 0.05) is 11.8 Å². The van der Waals surface area contributed by atoms with Crippen LogP contribution < -0.4 is 10.1 Å². The number of nitrogens with one attached hydrogen (secondary N) is 1. The minimum absolute atomic E-state index is 0.326. The van der Waals surface area contributed by atoms with Crippen LogP contribution in [0.2, 0.25) is 5.02 Å². The maximum Gasteiger partial charge on any atom is 0.138 e. The number of benzene rings is 1. The van der Waals surface area contributed by atoms with Crippen LogP contribution in [-0.4, -0.2) is 30.2 Å². The van der Waals surface area contributed by atoms with Gasteiger partial charge in [-0.25, -0.2) is 0 Å². The van der Waals surface area contributed by atoms with Crippen LogP contribution in [0.4, 0.5) is 0 Å². The van der Waals surface area contributed by atoms with E-state index in [1.165, 1.54) is 37.0 Å². The Balaban J connectivity index is 1.59. The first kappa shape index (κ1) is 15.5. The van der Waals surface area contributed by atoms with Crippen molar-refractivity contribution in [1.29, 1.82) is 0 Å². The maximum absolute atomic E-state index is 6.41. The van der Waals surface area contributed by atoms with Crippen molar-refractivity contribution in [3.8, 4) is 5.75 Å². The summed E-state index contributed by atoms with van der Waals surface area (Å²) in [6.45, 7) is 1.15. The Bertz CT molecular complexity index is 456. The van der Waals surface area contributed by atoms with Crippen molar-refractivity contribution < 1.29 is 4.74 Å². The molecule has 0 aromatic heterocycles. The van der Waals surface area contributed by atoms with E-state index in [0.29, 0.717) is 12.1 Å². The van der Waals surface area contributed by atoms with Gasteiger partial charge < -0.3 is 10.1 Å². The van der Waals surface area contributed by atoms with E-state index < -0.39 is 0 Å². The molecule has 0 saturated carbocycles. The molecule has 1 aromatic carbocycles. The van der Waals surface area contributed by atoms with Crippen molar-refractivity contribution in [3.05, 3.63) is 28.8 Å². The van der Waals surface area contributed by atoms with Crippen molar-refractivity contribution in [3.63, 3.8) is 0 Å². The molecule has 0 radical (unpaired) electrons. The number of piperidine rings is 1. The standard InChI is InChI=1S/C17H24ClNOS/c18-16-11-13(10-14-4-1-2-8-19-14)6-7-17(16)20-15-5-3-9-21-12-15/h6-7,11,14-15,19H,1-5,8-10,12H2. The Hall–Kier alpha value is -0.380. The number of hydrogen-bond acceptors (Lipinski definition) is 3. The Kier molecular flexibility index (Phi) is 5.73. The fourth-order valence-corrected chi connectivity index (χ4v) is 4.42. The normalized spacial score (nSPS) is 26.5. The van der Waals surface area contributed by atoms with E-state index in [9.17, 15) is 0 Å². The Morgan fingerprint density at radius 1 is 1.24 bits per heavy atom. The summed E-state index contributed by atoms with van der Waals surface area (Å²) in [5.41, 5.74) is 1.31. The number of thioether (sulfide) groups is 1. The highest BCUT2D eigenvalue weighted by Gasteiger charge is 2.17. The van der Waals surface area contributed by atoms with Crippen LogP contribution >= 0.6 is 23.4 Å². The van der Waals surface area contributed by atoms with Crippen LogP contribution in [-0.2, 0) is 6.42 Å². The summed E-state index contributed by atoms with van der Waals surface area (Å²) < 4.78 is 6.06. The molecule has 2 saturated heterocycles. The predicted molar refractivity (Wildman–Crippen MR) is 91.8 cm³/mol. The van der Waals surface area contributed by atoms with Gasteiger partial charge in [-0.3, -0.25) is 0 Å². The zero-order valence-electron chi connectivity index (χ0n) is 12.4. The molecule has 21 heavy (non-hydrogen) atoms. The minimum Gasteiger partial charge on any atom is -0.488 e. The molecule has 2 aliphatic rings. The molecule has 2 heterocycles. The third-order valence-corrected chi connectivity index (χ3v) is 5.78. The summed E-state index contributed by atoms with van der Waals surface area (Å²) >= 11 is 8.39. The van der Waals surface area contributed by atoms with E-state index in [0.717, 1.165) is 35.9 Å². The van der Waals surface area contributed by atoms with Crippen LogP contribution in [0.25, 0.3) is 0 Å². The summed E-state index contributed by atoms with van der Waals surface area (Å²) in [6, 6.07) is 6.92. The summed E-state index contributed by atoms with van der Waals surface area (Å²) in [7, 11) is 0. The highest BCUT2D eigenvalue weighted by atomic mass is 35.5. The van der Waals surface area contributed by atoms with Gasteiger partial charge >= 0.3 is 0 Å². The number of halogens is 1. The van der Waals surface area contributed by atoms with Gasteiger partial charge in [0.15, 0.2) is 0 Å². The van der Waals surface area contributed by atoms with E-state index in [1.807, 2.05) is 11.8 Å². The first-order valence-corrected chi connectivity index (χ1v) is 9.61. The first-order valence-electron chi connectivity index (χ1n) is 8.07. The summed E-state index contributed by atoms with van der Waals surface area (Å²) in [5, 5.41) is 4.35. The van der Waals surface area contributed by atoms with Crippen LogP contribution in [0.1, 0.15) is 37.7 Å². The van der Waals surface area contributed by atoms with E-state index in [1.54, 1.807) is 0 Å². The lowest BCUT2D eigenvalue weighted by Gasteiger charge is -2.25. The highest BCUT2D eigenvalue weighted by Crippen LogP contribution is 2.30. The second-order valence-electron chi connectivity index (χ2n) is 6.07. The van der Waals surface area contributed by atoms with Gasteiger partial charge in [-0.05, 0) is 62.1 Å². The molecule has 2 unspecified atom stereocenters. The molecule has 0 bridgehead atoms. The fraction of sp³-hybridized carbons (Fsp3) is 0.647. The van der Waals surface area contributed by atoms with Gasteiger partial charge in [-0.15, -0.1) is 0 Å². The van der Waals surface area contributed by atoms with Crippen molar-refractivity contribution >= 4 is 23.4 Å². The van der Waals surface area contributed by atoms with Gasteiger partial charge in [-0.2, -0.15) is 11.8 Å². The average Bonchev–Trinajstić information content (AvgIpc) is 2.52. The Morgan fingerprint density at radius 3 is 2.90 bits per heavy atom. The van der Waals surface area contributed by atoms with Crippen LogP contribution in [0.3, 0.4) is 0 Å². The smallest absolute Gasteiger partial charge is 0.138 e. The average molecular weight is 326 g/mol. The highest BCUT2D eigenvalue weighted by molar-refractivity contribution is 7.99. The number of hydrogen-bond donors (Lipinski definition) is 1. The molecule has 4 heteroatoms. The monoisotopic (exact) mass is 325 g/mol. The second kappa shape index (κ2) is 7.75. The molecule has 2 fully saturated rings. The molecule has 116 valence electrons. The molecular formula is C17H24ClNOS. The number of ether oxygens (including phenoxy) is 1. The van der Waals surface area contributed by atoms with E-state index in [2.05, 4.69) is 23.5 Å². The van der Waals surface area contributed by atoms with Crippen molar-refractivity contribution in [2.45, 2.75) is 50.7 Å². The maximum atomic E-state index is 6.41. The van der Waals surface area contributed by atoms with E-state index in [4.69, 9.17) is 16.3 Å². The van der Waals surface area contributed by atoms with E-state index >= 15 is 0 Å². The van der Waals surface area contributed by atoms with Gasteiger partial charge in [0.2, 0.25) is 0 Å². The lowest BCUT2D eigenvalue weighted by molar-refractivity contribution is 0.211. The molecule has 1 aromatic rings. The van der Waals surface area contributed by atoms with Gasteiger partial charge in [0.05, 0.1) is 5.02 Å². The van der Waals surface area contributed by atoms with Crippen molar-refractivity contribution in [2.75, 3.05) is 18.1 Å². The van der Waals surface area contributed by atoms with Crippen molar-refractivity contribution in [1.82, 2.24) is 5.32 Å². The zero-order valence-corrected chi connectivity index (χ0v) is 14.0. The topological polar surface area (TPSA) is 21.3 Å². The largest absolute Gasteiger partial charge is 0.488 e. The lowest BCUT2D eigenvalue weighted by atomic mass is 9.98. The first-order chi connectivity index (χ1) is 10.3. The van der Waals surface area contributed by atoms with E-state index in [-0.39, 0.29) is 0 Å². The minimum atomic E-state index is 0.326. The molecular weight excluding hydrogens is 302 g/mol. The van der Waals surface area contributed by atoms with Crippen molar-refractivity contribution in [2.24, 2.45) is 0 Å². The second-order valence-corrected chi connectivity index (χ2v) is 7.63. The molecule has 2 nitrogen and oxygen atoms in total. The van der Waals surface area contributed by atoms with Crippen LogP contribution in [0, 0.1) is 0 Å².